The van der Waals surface area contributed by atoms with Gasteiger partial charge in [0, 0.05) is 29.0 Å². The van der Waals surface area contributed by atoms with Crippen molar-refractivity contribution in [1.82, 2.24) is 15.6 Å². The molecule has 2 N–H and O–H groups in total. The molecular weight excluding hydrogens is 390 g/mol. The molecule has 8 heteroatoms. The van der Waals surface area contributed by atoms with Crippen LogP contribution in [0.25, 0.3) is 0 Å². The number of aromatic nitrogens is 1. The summed E-state index contributed by atoms with van der Waals surface area (Å²) in [6, 6.07) is 9.31. The second-order valence-electron chi connectivity index (χ2n) is 4.94. The summed E-state index contributed by atoms with van der Waals surface area (Å²) in [5.74, 6) is -1.47. The molecular formula is C17H16BrN3O4. The number of imide groups is 1. The van der Waals surface area contributed by atoms with E-state index in [9.17, 15) is 14.4 Å². The van der Waals surface area contributed by atoms with Crippen LogP contribution in [0.2, 0.25) is 0 Å². The number of nitrogens with one attached hydrogen (secondary N) is 2. The topological polar surface area (TPSA) is 97.4 Å². The number of hydrogen-bond acceptors (Lipinski definition) is 5. The van der Waals surface area contributed by atoms with Crippen LogP contribution in [0, 0.1) is 0 Å². The Morgan fingerprint density at radius 1 is 1.20 bits per heavy atom. The van der Waals surface area contributed by atoms with Crippen molar-refractivity contribution in [2.45, 2.75) is 13.0 Å². The van der Waals surface area contributed by atoms with Crippen LogP contribution >= 0.6 is 15.9 Å². The Morgan fingerprint density at radius 3 is 2.56 bits per heavy atom. The van der Waals surface area contributed by atoms with Gasteiger partial charge in [0.2, 0.25) is 6.10 Å². The molecule has 0 saturated carbocycles. The molecule has 0 bridgehead atoms. The van der Waals surface area contributed by atoms with Crippen LogP contribution < -0.4 is 10.6 Å². The van der Waals surface area contributed by atoms with Crippen LogP contribution in [0.3, 0.4) is 0 Å². The number of ether oxygens (including phenoxy) is 1. The lowest BCUT2D eigenvalue weighted by Gasteiger charge is -2.17. The summed E-state index contributed by atoms with van der Waals surface area (Å²) < 4.78 is 5.93. The lowest BCUT2D eigenvalue weighted by Crippen LogP contribution is -2.42. The summed E-state index contributed by atoms with van der Waals surface area (Å²) in [5, 5.41) is 4.60. The van der Waals surface area contributed by atoms with Gasteiger partial charge >= 0.3 is 12.0 Å². The average Bonchev–Trinajstić information content (AvgIpc) is 2.60. The molecule has 1 atom stereocenters. The zero-order chi connectivity index (χ0) is 18.2. The summed E-state index contributed by atoms with van der Waals surface area (Å²) in [6.07, 6.45) is 1.58. The minimum Gasteiger partial charge on any atom is -0.444 e. The number of nitrogens with zero attached hydrogens (tertiary/aromatic N) is 1. The summed E-state index contributed by atoms with van der Waals surface area (Å²) >= 11 is 3.22. The maximum atomic E-state index is 12.4. The fourth-order valence-corrected chi connectivity index (χ4v) is 2.35. The fraction of sp³-hybridized carbons (Fsp3) is 0.176. The maximum absolute atomic E-state index is 12.4. The minimum absolute atomic E-state index is 0.182. The quantitative estimate of drug-likeness (QED) is 0.744. The lowest BCUT2D eigenvalue weighted by atomic mass is 10.1. The van der Waals surface area contributed by atoms with Gasteiger partial charge in [-0.1, -0.05) is 30.3 Å². The number of urea groups is 1. The van der Waals surface area contributed by atoms with Gasteiger partial charge in [-0.25, -0.2) is 9.59 Å². The maximum Gasteiger partial charge on any atom is 0.340 e. The molecule has 25 heavy (non-hydrogen) atoms. The molecule has 0 aliphatic heterocycles. The summed E-state index contributed by atoms with van der Waals surface area (Å²) in [5.41, 5.74) is 0.627. The van der Waals surface area contributed by atoms with Gasteiger partial charge < -0.3 is 10.1 Å². The number of halogens is 1. The van der Waals surface area contributed by atoms with Gasteiger partial charge in [-0.15, -0.1) is 0 Å². The van der Waals surface area contributed by atoms with Crippen molar-refractivity contribution in [2.75, 3.05) is 6.54 Å². The molecule has 2 aromatic rings. The van der Waals surface area contributed by atoms with Gasteiger partial charge in [-0.05, 0) is 28.9 Å². The Hall–Kier alpha value is -2.74. The molecule has 0 fully saturated rings. The first-order valence-corrected chi connectivity index (χ1v) is 8.25. The van der Waals surface area contributed by atoms with Gasteiger partial charge in [-0.2, -0.15) is 0 Å². The van der Waals surface area contributed by atoms with E-state index in [0.29, 0.717) is 16.6 Å². The Bertz CT molecular complexity index is 767. The molecule has 0 aliphatic rings. The molecule has 0 unspecified atom stereocenters. The number of carbonyl (C=O) groups is 3. The average molecular weight is 406 g/mol. The number of benzene rings is 1. The summed E-state index contributed by atoms with van der Waals surface area (Å²) in [4.78, 5) is 40.2. The standard InChI is InChI=1S/C17H16BrN3O4/c1-2-20-17(24)21-15(22)14(11-6-4-3-5-7-11)25-16(23)12-8-13(18)10-19-9-12/h3-10,14H,2H2,1H3,(H2,20,21,22,24)/t14-/m1/s1. The van der Waals surface area contributed by atoms with E-state index in [0.717, 1.165) is 0 Å². The predicted molar refractivity (Wildman–Crippen MR) is 93.8 cm³/mol. The Morgan fingerprint density at radius 2 is 1.92 bits per heavy atom. The van der Waals surface area contributed by atoms with Crippen LogP contribution in [0.5, 0.6) is 0 Å². The first kappa shape index (κ1) is 18.6. The van der Waals surface area contributed by atoms with Crippen LogP contribution in [0.1, 0.15) is 28.9 Å². The highest BCUT2D eigenvalue weighted by Crippen LogP contribution is 2.20. The molecule has 2 rings (SSSR count). The largest absolute Gasteiger partial charge is 0.444 e. The van der Waals surface area contributed by atoms with E-state index in [2.05, 4.69) is 31.5 Å². The Labute approximate surface area is 152 Å². The molecule has 7 nitrogen and oxygen atoms in total. The molecule has 0 saturated heterocycles. The number of amides is 3. The van der Waals surface area contributed by atoms with Gasteiger partial charge in [0.05, 0.1) is 5.56 Å². The van der Waals surface area contributed by atoms with Crippen molar-refractivity contribution in [2.24, 2.45) is 0 Å². The van der Waals surface area contributed by atoms with Gasteiger partial charge in [0.15, 0.2) is 0 Å². The zero-order valence-electron chi connectivity index (χ0n) is 13.4. The fourth-order valence-electron chi connectivity index (χ4n) is 1.98. The Balaban J connectivity index is 2.21. The van der Waals surface area contributed by atoms with E-state index in [1.807, 2.05) is 0 Å². The van der Waals surface area contributed by atoms with Crippen molar-refractivity contribution in [3.8, 4) is 0 Å². The van der Waals surface area contributed by atoms with Crippen molar-refractivity contribution in [3.05, 3.63) is 64.4 Å². The number of carbonyl (C=O) groups excluding carboxylic acids is 3. The third-order valence-corrected chi connectivity index (χ3v) is 3.51. The van der Waals surface area contributed by atoms with E-state index >= 15 is 0 Å². The molecule has 0 aliphatic carbocycles. The highest BCUT2D eigenvalue weighted by Gasteiger charge is 2.27. The van der Waals surface area contributed by atoms with Crippen LogP contribution in [-0.4, -0.2) is 29.4 Å². The lowest BCUT2D eigenvalue weighted by molar-refractivity contribution is -0.129. The number of esters is 1. The third-order valence-electron chi connectivity index (χ3n) is 3.08. The molecule has 0 radical (unpaired) electrons. The molecule has 0 spiro atoms. The van der Waals surface area contributed by atoms with E-state index in [4.69, 9.17) is 4.74 Å². The van der Waals surface area contributed by atoms with Crippen LogP contribution in [-0.2, 0) is 9.53 Å². The van der Waals surface area contributed by atoms with Gasteiger partial charge in [0.25, 0.3) is 5.91 Å². The van der Waals surface area contributed by atoms with Crippen molar-refractivity contribution in [3.63, 3.8) is 0 Å². The molecule has 130 valence electrons. The predicted octanol–water partition coefficient (Wildman–Crippen LogP) is 2.59. The second-order valence-corrected chi connectivity index (χ2v) is 5.85. The number of rotatable bonds is 5. The van der Waals surface area contributed by atoms with Crippen LogP contribution in [0.4, 0.5) is 4.79 Å². The van der Waals surface area contributed by atoms with Crippen molar-refractivity contribution in [1.29, 1.82) is 0 Å². The molecule has 1 aromatic heterocycles. The normalized spacial score (nSPS) is 11.3. The molecule has 1 aromatic carbocycles. The third kappa shape index (κ3) is 5.39. The molecule has 1 heterocycles. The van der Waals surface area contributed by atoms with Crippen LogP contribution in [0.15, 0.2) is 53.3 Å². The number of pyridine rings is 1. The van der Waals surface area contributed by atoms with E-state index in [1.54, 1.807) is 37.3 Å². The monoisotopic (exact) mass is 405 g/mol. The Kier molecular flexibility index (Phi) is 6.64. The van der Waals surface area contributed by atoms with Gasteiger partial charge in [-0.3, -0.25) is 15.1 Å². The van der Waals surface area contributed by atoms with Gasteiger partial charge in [0.1, 0.15) is 0 Å². The van der Waals surface area contributed by atoms with E-state index < -0.39 is 24.0 Å². The second kappa shape index (κ2) is 8.93. The highest BCUT2D eigenvalue weighted by molar-refractivity contribution is 9.10. The van der Waals surface area contributed by atoms with E-state index in [-0.39, 0.29) is 5.56 Å². The van der Waals surface area contributed by atoms with Crippen molar-refractivity contribution < 1.29 is 19.1 Å². The first-order chi connectivity index (χ1) is 12.0. The van der Waals surface area contributed by atoms with E-state index in [1.165, 1.54) is 18.5 Å². The first-order valence-electron chi connectivity index (χ1n) is 7.46. The summed E-state index contributed by atoms with van der Waals surface area (Å²) in [6.45, 7) is 2.08. The highest BCUT2D eigenvalue weighted by atomic mass is 79.9. The summed E-state index contributed by atoms with van der Waals surface area (Å²) in [7, 11) is 0. The smallest absolute Gasteiger partial charge is 0.340 e. The van der Waals surface area contributed by atoms with Crippen molar-refractivity contribution >= 4 is 33.8 Å². The number of hydrogen-bond donors (Lipinski definition) is 2. The zero-order valence-corrected chi connectivity index (χ0v) is 14.9. The SMILES string of the molecule is CCNC(=O)NC(=O)[C@H](OC(=O)c1cncc(Br)c1)c1ccccc1. The minimum atomic E-state index is -1.27. The molecule has 3 amide bonds.